The number of likely N-dealkylation sites (N-methyl/N-ethyl adjacent to an activating group) is 1. The third-order valence-electron chi connectivity index (χ3n) is 3.90. The number of carbonyl (C=O) groups excluding carboxylic acids is 1. The Balaban J connectivity index is 1.64. The van der Waals surface area contributed by atoms with Crippen molar-refractivity contribution in [2.24, 2.45) is 0 Å². The number of furan rings is 1. The zero-order chi connectivity index (χ0) is 15.5. The number of hydrogen-bond donors (Lipinski definition) is 1. The summed E-state index contributed by atoms with van der Waals surface area (Å²) in [5.41, 5.74) is 1.48. The fourth-order valence-corrected chi connectivity index (χ4v) is 2.48. The van der Waals surface area contributed by atoms with Crippen LogP contribution in [0.15, 0.2) is 35.1 Å². The predicted octanol–water partition coefficient (Wildman–Crippen LogP) is 1.99. The minimum Gasteiger partial charge on any atom is -0.459 e. The molecule has 22 heavy (non-hydrogen) atoms. The Bertz CT molecular complexity index is 642. The zero-order valence-electron chi connectivity index (χ0n) is 12.9. The lowest BCUT2D eigenvalue weighted by atomic mass is 10.2. The zero-order valence-corrected chi connectivity index (χ0v) is 12.9. The van der Waals surface area contributed by atoms with Gasteiger partial charge in [-0.15, -0.1) is 0 Å². The molecule has 0 spiro atoms. The van der Waals surface area contributed by atoms with Gasteiger partial charge in [0, 0.05) is 31.7 Å². The Morgan fingerprint density at radius 1 is 1.23 bits per heavy atom. The van der Waals surface area contributed by atoms with E-state index in [-0.39, 0.29) is 5.91 Å². The third-order valence-corrected chi connectivity index (χ3v) is 3.90. The summed E-state index contributed by atoms with van der Waals surface area (Å²) in [6, 6.07) is 5.58. The molecular formula is C16H20N4O2. The molecular weight excluding hydrogens is 280 g/mol. The molecule has 1 N–H and O–H groups in total. The number of rotatable bonds is 3. The van der Waals surface area contributed by atoms with Gasteiger partial charge in [-0.05, 0) is 32.2 Å². The van der Waals surface area contributed by atoms with Gasteiger partial charge in [-0.2, -0.15) is 0 Å². The van der Waals surface area contributed by atoms with Gasteiger partial charge in [0.25, 0.3) is 5.91 Å². The van der Waals surface area contributed by atoms with E-state index < -0.39 is 0 Å². The van der Waals surface area contributed by atoms with Gasteiger partial charge in [-0.3, -0.25) is 4.79 Å². The highest BCUT2D eigenvalue weighted by Gasteiger charge is 2.16. The van der Waals surface area contributed by atoms with Gasteiger partial charge in [0.05, 0.1) is 18.1 Å². The molecule has 3 rings (SSSR count). The van der Waals surface area contributed by atoms with E-state index in [0.29, 0.717) is 11.4 Å². The Morgan fingerprint density at radius 3 is 2.59 bits per heavy atom. The topological polar surface area (TPSA) is 61.6 Å². The van der Waals surface area contributed by atoms with Gasteiger partial charge in [0.1, 0.15) is 5.82 Å². The molecule has 0 bridgehead atoms. The fourth-order valence-electron chi connectivity index (χ4n) is 2.48. The van der Waals surface area contributed by atoms with E-state index in [1.807, 2.05) is 19.1 Å². The number of amides is 1. The Morgan fingerprint density at radius 2 is 2.00 bits per heavy atom. The number of anilines is 2. The summed E-state index contributed by atoms with van der Waals surface area (Å²) in [5, 5.41) is 2.80. The van der Waals surface area contributed by atoms with E-state index in [0.717, 1.165) is 37.6 Å². The molecule has 0 atom stereocenters. The number of carbonyl (C=O) groups is 1. The third kappa shape index (κ3) is 3.12. The first-order valence-electron chi connectivity index (χ1n) is 7.38. The van der Waals surface area contributed by atoms with Gasteiger partial charge < -0.3 is 19.5 Å². The van der Waals surface area contributed by atoms with Crippen LogP contribution in [0.5, 0.6) is 0 Å². The molecule has 0 aliphatic carbocycles. The van der Waals surface area contributed by atoms with Crippen LogP contribution in [0.3, 0.4) is 0 Å². The summed E-state index contributed by atoms with van der Waals surface area (Å²) >= 11 is 0. The summed E-state index contributed by atoms with van der Waals surface area (Å²) in [6.45, 7) is 5.87. The van der Waals surface area contributed by atoms with E-state index in [1.54, 1.807) is 12.3 Å². The lowest BCUT2D eigenvalue weighted by molar-refractivity contribution is 0.0996. The van der Waals surface area contributed by atoms with Crippen molar-refractivity contribution in [2.75, 3.05) is 43.4 Å². The second kappa shape index (κ2) is 6.19. The van der Waals surface area contributed by atoms with Crippen molar-refractivity contribution in [3.8, 4) is 0 Å². The minimum atomic E-state index is -0.253. The maximum atomic E-state index is 12.1. The highest BCUT2D eigenvalue weighted by Crippen LogP contribution is 2.17. The molecule has 0 saturated carbocycles. The van der Waals surface area contributed by atoms with Gasteiger partial charge in [0.15, 0.2) is 5.76 Å². The molecule has 2 aromatic rings. The van der Waals surface area contributed by atoms with Crippen LogP contribution in [0.2, 0.25) is 0 Å². The summed E-state index contributed by atoms with van der Waals surface area (Å²) in [7, 11) is 2.13. The average Bonchev–Trinajstić information content (AvgIpc) is 2.95. The normalized spacial score (nSPS) is 15.8. The van der Waals surface area contributed by atoms with E-state index in [1.165, 1.54) is 6.26 Å². The van der Waals surface area contributed by atoms with Crippen LogP contribution in [0.4, 0.5) is 11.5 Å². The molecule has 6 nitrogen and oxygen atoms in total. The van der Waals surface area contributed by atoms with Crippen molar-refractivity contribution in [3.05, 3.63) is 42.0 Å². The predicted molar refractivity (Wildman–Crippen MR) is 85.3 cm³/mol. The smallest absolute Gasteiger partial charge is 0.291 e. The quantitative estimate of drug-likeness (QED) is 0.939. The second-order valence-corrected chi connectivity index (χ2v) is 5.58. The Labute approximate surface area is 129 Å². The first-order valence-corrected chi connectivity index (χ1v) is 7.38. The number of nitrogens with one attached hydrogen (secondary N) is 1. The summed E-state index contributed by atoms with van der Waals surface area (Å²) < 4.78 is 5.18. The Hall–Kier alpha value is -2.34. The average molecular weight is 300 g/mol. The molecule has 0 aromatic carbocycles. The van der Waals surface area contributed by atoms with Gasteiger partial charge in [-0.25, -0.2) is 4.98 Å². The minimum absolute atomic E-state index is 0.253. The molecule has 0 radical (unpaired) electrons. The standard InChI is InChI=1S/C16H20N4O2/c1-12-5-10-22-15(12)16(21)18-13-3-4-14(17-11-13)20-8-6-19(2)7-9-20/h3-5,10-11H,6-9H2,1-2H3,(H,18,21). The number of pyridine rings is 1. The maximum absolute atomic E-state index is 12.1. The number of aromatic nitrogens is 1. The van der Waals surface area contributed by atoms with Crippen LogP contribution in [0.25, 0.3) is 0 Å². The molecule has 116 valence electrons. The SMILES string of the molecule is Cc1ccoc1C(=O)Nc1ccc(N2CCN(C)CC2)nc1. The van der Waals surface area contributed by atoms with Crippen molar-refractivity contribution in [3.63, 3.8) is 0 Å². The van der Waals surface area contributed by atoms with Gasteiger partial charge in [-0.1, -0.05) is 0 Å². The first kappa shape index (κ1) is 14.6. The first-order chi connectivity index (χ1) is 10.6. The fraction of sp³-hybridized carbons (Fsp3) is 0.375. The Kier molecular flexibility index (Phi) is 4.11. The summed E-state index contributed by atoms with van der Waals surface area (Å²) in [4.78, 5) is 21.1. The highest BCUT2D eigenvalue weighted by molar-refractivity contribution is 6.03. The molecule has 3 heterocycles. The van der Waals surface area contributed by atoms with Crippen molar-refractivity contribution in [1.82, 2.24) is 9.88 Å². The maximum Gasteiger partial charge on any atom is 0.291 e. The van der Waals surface area contributed by atoms with Crippen LogP contribution < -0.4 is 10.2 Å². The van der Waals surface area contributed by atoms with Crippen molar-refractivity contribution in [1.29, 1.82) is 0 Å². The van der Waals surface area contributed by atoms with Crippen molar-refractivity contribution < 1.29 is 9.21 Å². The highest BCUT2D eigenvalue weighted by atomic mass is 16.3. The molecule has 1 amide bonds. The van der Waals surface area contributed by atoms with E-state index in [4.69, 9.17) is 4.42 Å². The second-order valence-electron chi connectivity index (χ2n) is 5.58. The largest absolute Gasteiger partial charge is 0.459 e. The lowest BCUT2D eigenvalue weighted by Gasteiger charge is -2.33. The molecule has 1 aliphatic rings. The van der Waals surface area contributed by atoms with Crippen LogP contribution in [-0.4, -0.2) is 49.0 Å². The summed E-state index contributed by atoms with van der Waals surface area (Å²) in [5.74, 6) is 1.03. The van der Waals surface area contributed by atoms with Gasteiger partial charge in [0.2, 0.25) is 0 Å². The monoisotopic (exact) mass is 300 g/mol. The lowest BCUT2D eigenvalue weighted by Crippen LogP contribution is -2.44. The van der Waals surface area contributed by atoms with Crippen LogP contribution >= 0.6 is 0 Å². The van der Waals surface area contributed by atoms with Gasteiger partial charge >= 0.3 is 0 Å². The molecule has 1 saturated heterocycles. The molecule has 1 fully saturated rings. The van der Waals surface area contributed by atoms with E-state index in [9.17, 15) is 4.79 Å². The number of piperazine rings is 1. The van der Waals surface area contributed by atoms with E-state index in [2.05, 4.69) is 27.1 Å². The molecule has 6 heteroatoms. The van der Waals surface area contributed by atoms with Crippen LogP contribution in [0, 0.1) is 6.92 Å². The van der Waals surface area contributed by atoms with Crippen LogP contribution in [0.1, 0.15) is 16.1 Å². The van der Waals surface area contributed by atoms with E-state index >= 15 is 0 Å². The number of hydrogen-bond acceptors (Lipinski definition) is 5. The molecule has 1 aliphatic heterocycles. The van der Waals surface area contributed by atoms with Crippen LogP contribution in [-0.2, 0) is 0 Å². The molecule has 2 aromatic heterocycles. The van der Waals surface area contributed by atoms with Crippen molar-refractivity contribution in [2.45, 2.75) is 6.92 Å². The number of nitrogens with zero attached hydrogens (tertiary/aromatic N) is 3. The summed E-state index contributed by atoms with van der Waals surface area (Å²) in [6.07, 6.45) is 3.20. The molecule has 0 unspecified atom stereocenters. The number of aryl methyl sites for hydroxylation is 1. The van der Waals surface area contributed by atoms with Crippen molar-refractivity contribution >= 4 is 17.4 Å².